The van der Waals surface area contributed by atoms with Crippen LogP contribution in [0.5, 0.6) is 11.5 Å². The fraction of sp³-hybridized carbons (Fsp3) is 0.172. The minimum absolute atomic E-state index is 0.546. The molecule has 0 bridgehead atoms. The molecule has 1 aliphatic carbocycles. The minimum atomic E-state index is -0.563. The second kappa shape index (κ2) is 8.21. The smallest absolute Gasteiger partial charge is 0.142 e. The van der Waals surface area contributed by atoms with Gasteiger partial charge >= 0.3 is 0 Å². The molecule has 5 rings (SSSR count). The van der Waals surface area contributed by atoms with E-state index in [-0.39, 0.29) is 0 Å². The molecular weight excluding hydrogens is 408 g/mol. The van der Waals surface area contributed by atoms with Crippen molar-refractivity contribution in [3.05, 3.63) is 107 Å². The van der Waals surface area contributed by atoms with Crippen LogP contribution in [0.25, 0.3) is 11.1 Å². The standard InChI is InChI=1S/C29H28N2O2/c1-3-32-27-17-19(13-15-25(27)30)29(20-14-16-26(31)28(18-20)33-4-2)23-11-7-5-9-21(23)22-10-6-8-12-24(22)29/h5-18H,3-4,30-31H2,1-2H3. The monoisotopic (exact) mass is 436 g/mol. The maximum atomic E-state index is 6.27. The van der Waals surface area contributed by atoms with E-state index in [1.165, 1.54) is 22.3 Å². The van der Waals surface area contributed by atoms with E-state index in [2.05, 4.69) is 72.8 Å². The lowest BCUT2D eigenvalue weighted by atomic mass is 9.67. The summed E-state index contributed by atoms with van der Waals surface area (Å²) in [6, 6.07) is 29.4. The van der Waals surface area contributed by atoms with Crippen LogP contribution in [0.3, 0.4) is 0 Å². The molecule has 0 saturated heterocycles. The van der Waals surface area contributed by atoms with E-state index in [4.69, 9.17) is 20.9 Å². The van der Waals surface area contributed by atoms with Crippen molar-refractivity contribution >= 4 is 11.4 Å². The molecule has 33 heavy (non-hydrogen) atoms. The summed E-state index contributed by atoms with van der Waals surface area (Å²) >= 11 is 0. The second-order valence-corrected chi connectivity index (χ2v) is 8.21. The highest BCUT2D eigenvalue weighted by Crippen LogP contribution is 2.57. The van der Waals surface area contributed by atoms with Gasteiger partial charge in [0.25, 0.3) is 0 Å². The van der Waals surface area contributed by atoms with Gasteiger partial charge in [0.05, 0.1) is 30.0 Å². The summed E-state index contributed by atoms with van der Waals surface area (Å²) in [5.41, 5.74) is 20.3. The lowest BCUT2D eigenvalue weighted by Crippen LogP contribution is -2.29. The molecule has 0 spiro atoms. The lowest BCUT2D eigenvalue weighted by Gasteiger charge is -2.34. The van der Waals surface area contributed by atoms with Crippen LogP contribution >= 0.6 is 0 Å². The van der Waals surface area contributed by atoms with Crippen LogP contribution in [0, 0.1) is 0 Å². The topological polar surface area (TPSA) is 70.5 Å². The molecule has 0 atom stereocenters. The molecule has 0 aromatic heterocycles. The summed E-state index contributed by atoms with van der Waals surface area (Å²) in [6.07, 6.45) is 0. The number of hydrogen-bond donors (Lipinski definition) is 2. The zero-order chi connectivity index (χ0) is 23.0. The number of rotatable bonds is 6. The molecule has 0 heterocycles. The third-order valence-corrected chi connectivity index (χ3v) is 6.45. The summed E-state index contributed by atoms with van der Waals surface area (Å²) in [7, 11) is 0. The van der Waals surface area contributed by atoms with E-state index in [1.807, 2.05) is 26.0 Å². The fourth-order valence-electron chi connectivity index (χ4n) is 5.12. The van der Waals surface area contributed by atoms with Gasteiger partial charge in [0, 0.05) is 0 Å². The molecule has 4 aromatic rings. The van der Waals surface area contributed by atoms with Crippen molar-refractivity contribution in [1.29, 1.82) is 0 Å². The average molecular weight is 437 g/mol. The van der Waals surface area contributed by atoms with Gasteiger partial charge < -0.3 is 20.9 Å². The molecule has 0 unspecified atom stereocenters. The van der Waals surface area contributed by atoms with Gasteiger partial charge in [0.1, 0.15) is 11.5 Å². The van der Waals surface area contributed by atoms with Crippen molar-refractivity contribution in [2.45, 2.75) is 19.3 Å². The molecule has 166 valence electrons. The largest absolute Gasteiger partial charge is 0.492 e. The van der Waals surface area contributed by atoms with E-state index in [9.17, 15) is 0 Å². The minimum Gasteiger partial charge on any atom is -0.492 e. The van der Waals surface area contributed by atoms with Gasteiger partial charge in [-0.3, -0.25) is 0 Å². The maximum absolute atomic E-state index is 6.27. The normalized spacial score (nSPS) is 13.3. The first-order chi connectivity index (χ1) is 16.1. The summed E-state index contributed by atoms with van der Waals surface area (Å²) in [6.45, 7) is 5.03. The highest BCUT2D eigenvalue weighted by molar-refractivity contribution is 5.86. The number of benzene rings is 4. The van der Waals surface area contributed by atoms with Gasteiger partial charge in [-0.15, -0.1) is 0 Å². The van der Waals surface area contributed by atoms with Crippen molar-refractivity contribution in [3.63, 3.8) is 0 Å². The van der Waals surface area contributed by atoms with Crippen LogP contribution in [0.4, 0.5) is 11.4 Å². The molecule has 4 aromatic carbocycles. The Bertz CT molecular complexity index is 1230. The second-order valence-electron chi connectivity index (χ2n) is 8.21. The molecule has 0 fully saturated rings. The number of hydrogen-bond acceptors (Lipinski definition) is 4. The van der Waals surface area contributed by atoms with Gasteiger partial charge in [-0.2, -0.15) is 0 Å². The third-order valence-electron chi connectivity index (χ3n) is 6.45. The van der Waals surface area contributed by atoms with Crippen LogP contribution in [-0.4, -0.2) is 13.2 Å². The Labute approximate surface area is 194 Å². The predicted octanol–water partition coefficient (Wildman–Crippen LogP) is 6.01. The first-order valence-corrected chi connectivity index (χ1v) is 11.4. The molecular formula is C29H28N2O2. The van der Waals surface area contributed by atoms with E-state index < -0.39 is 5.41 Å². The number of anilines is 2. The van der Waals surface area contributed by atoms with Crippen molar-refractivity contribution in [2.75, 3.05) is 24.7 Å². The Morgan fingerprint density at radius 1 is 0.606 bits per heavy atom. The molecule has 0 aliphatic heterocycles. The zero-order valence-electron chi connectivity index (χ0n) is 19.0. The Hall–Kier alpha value is -3.92. The van der Waals surface area contributed by atoms with E-state index >= 15 is 0 Å². The first kappa shape index (κ1) is 21.0. The van der Waals surface area contributed by atoms with Gasteiger partial charge in [0.15, 0.2) is 0 Å². The van der Waals surface area contributed by atoms with Crippen molar-refractivity contribution < 1.29 is 9.47 Å². The number of nitrogen functional groups attached to an aromatic ring is 2. The summed E-state index contributed by atoms with van der Waals surface area (Å²) in [5, 5.41) is 0. The van der Waals surface area contributed by atoms with Gasteiger partial charge in [0.2, 0.25) is 0 Å². The van der Waals surface area contributed by atoms with Gasteiger partial charge in [-0.1, -0.05) is 60.7 Å². The Morgan fingerprint density at radius 3 is 1.45 bits per heavy atom. The Kier molecular flexibility index (Phi) is 5.21. The highest BCUT2D eigenvalue weighted by Gasteiger charge is 2.46. The van der Waals surface area contributed by atoms with Gasteiger partial charge in [-0.05, 0) is 71.5 Å². The number of ether oxygens (including phenoxy) is 2. The number of fused-ring (bicyclic) bond motifs is 3. The van der Waals surface area contributed by atoms with Crippen molar-refractivity contribution in [1.82, 2.24) is 0 Å². The third kappa shape index (κ3) is 3.13. The molecule has 0 saturated carbocycles. The first-order valence-electron chi connectivity index (χ1n) is 11.4. The van der Waals surface area contributed by atoms with Crippen LogP contribution in [-0.2, 0) is 5.41 Å². The summed E-state index contributed by atoms with van der Waals surface area (Å²) in [5.74, 6) is 1.38. The quantitative estimate of drug-likeness (QED) is 0.320. The molecule has 4 nitrogen and oxygen atoms in total. The highest BCUT2D eigenvalue weighted by atomic mass is 16.5. The van der Waals surface area contributed by atoms with Crippen LogP contribution < -0.4 is 20.9 Å². The Morgan fingerprint density at radius 2 is 1.03 bits per heavy atom. The SMILES string of the molecule is CCOc1cc(C2(c3ccc(N)c(OCC)c3)c3ccccc3-c3ccccc32)ccc1N. The van der Waals surface area contributed by atoms with Crippen molar-refractivity contribution in [2.24, 2.45) is 0 Å². The summed E-state index contributed by atoms with van der Waals surface area (Å²) < 4.78 is 11.8. The van der Waals surface area contributed by atoms with E-state index in [0.717, 1.165) is 11.1 Å². The lowest BCUT2D eigenvalue weighted by molar-refractivity contribution is 0.341. The molecule has 0 radical (unpaired) electrons. The average Bonchev–Trinajstić information content (AvgIpc) is 3.14. The van der Waals surface area contributed by atoms with Crippen LogP contribution in [0.15, 0.2) is 84.9 Å². The zero-order valence-corrected chi connectivity index (χ0v) is 19.0. The molecule has 4 heteroatoms. The Balaban J connectivity index is 1.90. The van der Waals surface area contributed by atoms with E-state index in [0.29, 0.717) is 36.1 Å². The molecule has 0 amide bonds. The maximum Gasteiger partial charge on any atom is 0.142 e. The van der Waals surface area contributed by atoms with E-state index in [1.54, 1.807) is 0 Å². The van der Waals surface area contributed by atoms with Crippen molar-refractivity contribution in [3.8, 4) is 22.6 Å². The van der Waals surface area contributed by atoms with Crippen LogP contribution in [0.1, 0.15) is 36.1 Å². The molecule has 1 aliphatic rings. The number of nitrogens with two attached hydrogens (primary N) is 2. The van der Waals surface area contributed by atoms with Gasteiger partial charge in [-0.25, -0.2) is 0 Å². The molecule has 4 N–H and O–H groups in total. The fourth-order valence-corrected chi connectivity index (χ4v) is 5.12. The predicted molar refractivity (Wildman–Crippen MR) is 135 cm³/mol. The summed E-state index contributed by atoms with van der Waals surface area (Å²) in [4.78, 5) is 0. The van der Waals surface area contributed by atoms with Crippen LogP contribution in [0.2, 0.25) is 0 Å².